The number of hydrogen-bond acceptors (Lipinski definition) is 1. The summed E-state index contributed by atoms with van der Waals surface area (Å²) in [6, 6.07) is 10.1. The van der Waals surface area contributed by atoms with Gasteiger partial charge in [0.15, 0.2) is 0 Å². The number of halogens is 1. The molecule has 1 nitrogen and oxygen atoms in total. The van der Waals surface area contributed by atoms with Gasteiger partial charge in [-0.3, -0.25) is 0 Å². The number of benzene rings is 1. The molecule has 2 heteroatoms. The zero-order valence-corrected chi connectivity index (χ0v) is 8.41. The van der Waals surface area contributed by atoms with Crippen LogP contribution in [0.5, 0.6) is 0 Å². The van der Waals surface area contributed by atoms with E-state index >= 15 is 0 Å². The van der Waals surface area contributed by atoms with E-state index in [0.717, 1.165) is 6.42 Å². The molecule has 1 fully saturated rings. The maximum atomic E-state index is 13.8. The third-order valence-electron chi connectivity index (χ3n) is 3.19. The Morgan fingerprint density at radius 1 is 1.43 bits per heavy atom. The standard InChI is InChI=1S/C12H16FN/c1-12(13,8-14)11-7-10(11)9-5-3-2-4-6-9/h2-6,10-11H,7-8,14H2,1H3. The number of hydrogen-bond donors (Lipinski definition) is 1. The van der Waals surface area contributed by atoms with E-state index in [-0.39, 0.29) is 12.5 Å². The number of nitrogens with two attached hydrogens (primary N) is 1. The second-order valence-electron chi connectivity index (χ2n) is 4.34. The molecule has 1 aliphatic carbocycles. The molecule has 0 radical (unpaired) electrons. The van der Waals surface area contributed by atoms with Crippen LogP contribution in [-0.2, 0) is 0 Å². The van der Waals surface area contributed by atoms with Crippen LogP contribution in [0.1, 0.15) is 24.8 Å². The Balaban J connectivity index is 2.07. The van der Waals surface area contributed by atoms with Crippen molar-refractivity contribution in [2.45, 2.75) is 24.9 Å². The van der Waals surface area contributed by atoms with Gasteiger partial charge in [0, 0.05) is 12.5 Å². The molecular weight excluding hydrogens is 177 g/mol. The molecule has 14 heavy (non-hydrogen) atoms. The minimum absolute atomic E-state index is 0.120. The van der Waals surface area contributed by atoms with Crippen molar-refractivity contribution < 1.29 is 4.39 Å². The van der Waals surface area contributed by atoms with Gasteiger partial charge in [-0.1, -0.05) is 30.3 Å². The van der Waals surface area contributed by atoms with Gasteiger partial charge in [-0.2, -0.15) is 0 Å². The lowest BCUT2D eigenvalue weighted by Crippen LogP contribution is -2.32. The summed E-state index contributed by atoms with van der Waals surface area (Å²) in [7, 11) is 0. The summed E-state index contributed by atoms with van der Waals surface area (Å²) < 4.78 is 13.8. The summed E-state index contributed by atoms with van der Waals surface area (Å²) in [4.78, 5) is 0. The molecule has 0 heterocycles. The van der Waals surface area contributed by atoms with Gasteiger partial charge in [-0.25, -0.2) is 4.39 Å². The molecule has 0 aromatic heterocycles. The van der Waals surface area contributed by atoms with E-state index in [0.29, 0.717) is 5.92 Å². The van der Waals surface area contributed by atoms with E-state index in [1.54, 1.807) is 6.92 Å². The zero-order valence-electron chi connectivity index (χ0n) is 8.41. The molecule has 3 atom stereocenters. The highest BCUT2D eigenvalue weighted by Gasteiger charge is 2.50. The molecule has 1 aromatic carbocycles. The topological polar surface area (TPSA) is 26.0 Å². The molecule has 0 saturated heterocycles. The van der Waals surface area contributed by atoms with Crippen molar-refractivity contribution in [3.8, 4) is 0 Å². The smallest absolute Gasteiger partial charge is 0.123 e. The number of rotatable bonds is 3. The molecule has 1 aliphatic rings. The molecule has 0 bridgehead atoms. The third-order valence-corrected chi connectivity index (χ3v) is 3.19. The van der Waals surface area contributed by atoms with E-state index < -0.39 is 5.67 Å². The quantitative estimate of drug-likeness (QED) is 0.784. The van der Waals surface area contributed by atoms with Crippen LogP contribution in [0.4, 0.5) is 4.39 Å². The lowest BCUT2D eigenvalue weighted by molar-refractivity contribution is 0.165. The van der Waals surface area contributed by atoms with E-state index in [1.165, 1.54) is 5.56 Å². The van der Waals surface area contributed by atoms with Crippen molar-refractivity contribution in [3.63, 3.8) is 0 Å². The maximum absolute atomic E-state index is 13.8. The van der Waals surface area contributed by atoms with E-state index in [4.69, 9.17) is 5.73 Å². The molecule has 0 amide bonds. The first kappa shape index (κ1) is 9.66. The van der Waals surface area contributed by atoms with Crippen LogP contribution in [-0.4, -0.2) is 12.2 Å². The van der Waals surface area contributed by atoms with Crippen LogP contribution in [0.15, 0.2) is 30.3 Å². The van der Waals surface area contributed by atoms with Crippen LogP contribution >= 0.6 is 0 Å². The Bertz CT molecular complexity index is 307. The lowest BCUT2D eigenvalue weighted by Gasteiger charge is -2.17. The van der Waals surface area contributed by atoms with Crippen molar-refractivity contribution in [1.29, 1.82) is 0 Å². The van der Waals surface area contributed by atoms with E-state index in [9.17, 15) is 4.39 Å². The molecule has 3 unspecified atom stereocenters. The fraction of sp³-hybridized carbons (Fsp3) is 0.500. The first-order valence-electron chi connectivity index (χ1n) is 5.09. The zero-order chi connectivity index (χ0) is 10.2. The third kappa shape index (κ3) is 1.67. The van der Waals surface area contributed by atoms with Crippen LogP contribution in [0.25, 0.3) is 0 Å². The van der Waals surface area contributed by atoms with Gasteiger partial charge in [0.05, 0.1) is 0 Å². The van der Waals surface area contributed by atoms with Crippen molar-refractivity contribution in [2.75, 3.05) is 6.54 Å². The molecule has 2 rings (SSSR count). The molecule has 0 spiro atoms. The SMILES string of the molecule is CC(F)(CN)C1CC1c1ccccc1. The van der Waals surface area contributed by atoms with E-state index in [2.05, 4.69) is 12.1 Å². The number of alkyl halides is 1. The second kappa shape index (κ2) is 3.35. The summed E-state index contributed by atoms with van der Waals surface area (Å²) in [6.45, 7) is 1.74. The largest absolute Gasteiger partial charge is 0.328 e. The van der Waals surface area contributed by atoms with Gasteiger partial charge in [-0.15, -0.1) is 0 Å². The van der Waals surface area contributed by atoms with Crippen molar-refractivity contribution in [1.82, 2.24) is 0 Å². The second-order valence-corrected chi connectivity index (χ2v) is 4.34. The molecule has 1 saturated carbocycles. The van der Waals surface area contributed by atoms with Gasteiger partial charge >= 0.3 is 0 Å². The Hall–Kier alpha value is -0.890. The summed E-state index contributed by atoms with van der Waals surface area (Å²) in [5, 5.41) is 0. The predicted molar refractivity (Wildman–Crippen MR) is 55.9 cm³/mol. The average molecular weight is 193 g/mol. The van der Waals surface area contributed by atoms with Crippen LogP contribution in [0.3, 0.4) is 0 Å². The first-order valence-corrected chi connectivity index (χ1v) is 5.09. The highest BCUT2D eigenvalue weighted by molar-refractivity contribution is 5.27. The monoisotopic (exact) mass is 193 g/mol. The molecule has 2 N–H and O–H groups in total. The van der Waals surface area contributed by atoms with Gasteiger partial charge < -0.3 is 5.73 Å². The molecule has 0 aliphatic heterocycles. The molecule has 76 valence electrons. The van der Waals surface area contributed by atoms with Gasteiger partial charge in [0.1, 0.15) is 5.67 Å². The van der Waals surface area contributed by atoms with Crippen LogP contribution in [0.2, 0.25) is 0 Å². The Morgan fingerprint density at radius 2 is 2.07 bits per heavy atom. The highest BCUT2D eigenvalue weighted by atomic mass is 19.1. The fourth-order valence-electron chi connectivity index (χ4n) is 2.08. The lowest BCUT2D eigenvalue weighted by atomic mass is 9.98. The summed E-state index contributed by atoms with van der Waals surface area (Å²) in [5.74, 6) is 0.504. The van der Waals surface area contributed by atoms with Crippen LogP contribution < -0.4 is 5.73 Å². The van der Waals surface area contributed by atoms with Crippen molar-refractivity contribution >= 4 is 0 Å². The van der Waals surface area contributed by atoms with Crippen LogP contribution in [0, 0.1) is 5.92 Å². The molecule has 1 aromatic rings. The van der Waals surface area contributed by atoms with Gasteiger partial charge in [0.2, 0.25) is 0 Å². The Kier molecular flexibility index (Phi) is 2.31. The summed E-state index contributed by atoms with van der Waals surface area (Å²) in [5.41, 5.74) is 5.46. The normalized spacial score (nSPS) is 29.6. The summed E-state index contributed by atoms with van der Waals surface area (Å²) in [6.07, 6.45) is 0.939. The van der Waals surface area contributed by atoms with Crippen molar-refractivity contribution in [3.05, 3.63) is 35.9 Å². The Labute approximate surface area is 84.1 Å². The van der Waals surface area contributed by atoms with E-state index in [1.807, 2.05) is 18.2 Å². The van der Waals surface area contributed by atoms with Gasteiger partial charge in [0.25, 0.3) is 0 Å². The highest BCUT2D eigenvalue weighted by Crippen LogP contribution is 2.54. The van der Waals surface area contributed by atoms with Crippen molar-refractivity contribution in [2.24, 2.45) is 11.7 Å². The fourth-order valence-corrected chi connectivity index (χ4v) is 2.08. The summed E-state index contributed by atoms with van der Waals surface area (Å²) >= 11 is 0. The predicted octanol–water partition coefficient (Wildman–Crippen LogP) is 2.48. The minimum Gasteiger partial charge on any atom is -0.328 e. The Morgan fingerprint density at radius 3 is 2.64 bits per heavy atom. The van der Waals surface area contributed by atoms with Gasteiger partial charge in [-0.05, 0) is 24.8 Å². The molecular formula is C12H16FN. The first-order chi connectivity index (χ1) is 6.65. The maximum Gasteiger partial charge on any atom is 0.123 e. The minimum atomic E-state index is -1.19. The average Bonchev–Trinajstić information content (AvgIpc) is 2.99.